The third-order valence-corrected chi connectivity index (χ3v) is 3.68. The highest BCUT2D eigenvalue weighted by Crippen LogP contribution is 2.25. The van der Waals surface area contributed by atoms with Crippen molar-refractivity contribution in [1.29, 1.82) is 0 Å². The Bertz CT molecular complexity index is 909. The van der Waals surface area contributed by atoms with Gasteiger partial charge < -0.3 is 10.2 Å². The highest BCUT2D eigenvalue weighted by atomic mass is 19.1. The number of nitro groups is 1. The molecule has 1 heterocycles. The lowest BCUT2D eigenvalue weighted by Crippen LogP contribution is -2.14. The molecule has 0 bridgehead atoms. The molecular formula is C16H15FN6O2. The van der Waals surface area contributed by atoms with Gasteiger partial charge in [0.15, 0.2) is 0 Å². The summed E-state index contributed by atoms with van der Waals surface area (Å²) in [4.78, 5) is 12.2. The van der Waals surface area contributed by atoms with Crippen LogP contribution < -0.4 is 10.2 Å². The number of hydrogen-bond donors (Lipinski definition) is 1. The molecule has 0 fully saturated rings. The van der Waals surface area contributed by atoms with Gasteiger partial charge in [-0.1, -0.05) is 6.07 Å². The second-order valence-electron chi connectivity index (χ2n) is 5.35. The van der Waals surface area contributed by atoms with Crippen LogP contribution in [-0.2, 0) is 7.05 Å². The zero-order valence-electron chi connectivity index (χ0n) is 13.5. The molecule has 1 aromatic heterocycles. The smallest absolute Gasteiger partial charge is 0.271 e. The van der Waals surface area contributed by atoms with Gasteiger partial charge in [0.05, 0.1) is 4.92 Å². The van der Waals surface area contributed by atoms with Crippen LogP contribution in [0.3, 0.4) is 0 Å². The summed E-state index contributed by atoms with van der Waals surface area (Å²) in [7, 11) is 3.55. The van der Waals surface area contributed by atoms with Crippen LogP contribution in [-0.4, -0.2) is 26.7 Å². The SMILES string of the molecule is CN(c1ccc(F)cc1)c1nnc(Nc2cccc([N+](=O)[O-])c2)n1C. The maximum absolute atomic E-state index is 13.1. The highest BCUT2D eigenvalue weighted by molar-refractivity contribution is 5.61. The third kappa shape index (κ3) is 3.39. The van der Waals surface area contributed by atoms with E-state index in [9.17, 15) is 14.5 Å². The molecule has 2 aromatic carbocycles. The average Bonchev–Trinajstić information content (AvgIpc) is 2.96. The molecule has 0 unspecified atom stereocenters. The number of aromatic nitrogens is 3. The molecule has 0 amide bonds. The predicted octanol–water partition coefficient (Wildman–Crippen LogP) is 3.37. The molecule has 0 aliphatic rings. The summed E-state index contributed by atoms with van der Waals surface area (Å²) in [5, 5.41) is 22.0. The number of hydrogen-bond acceptors (Lipinski definition) is 6. The van der Waals surface area contributed by atoms with Crippen LogP contribution in [0.4, 0.5) is 33.3 Å². The predicted molar refractivity (Wildman–Crippen MR) is 91.8 cm³/mol. The molecule has 3 aromatic rings. The van der Waals surface area contributed by atoms with E-state index >= 15 is 0 Å². The van der Waals surface area contributed by atoms with Gasteiger partial charge in [0.1, 0.15) is 5.82 Å². The van der Waals surface area contributed by atoms with Crippen LogP contribution in [0.15, 0.2) is 48.5 Å². The van der Waals surface area contributed by atoms with Crippen LogP contribution in [0.1, 0.15) is 0 Å². The molecule has 8 nitrogen and oxygen atoms in total. The van der Waals surface area contributed by atoms with E-state index in [1.54, 1.807) is 47.8 Å². The molecule has 128 valence electrons. The Balaban J connectivity index is 1.85. The number of halogens is 1. The summed E-state index contributed by atoms with van der Waals surface area (Å²) >= 11 is 0. The van der Waals surface area contributed by atoms with E-state index in [0.29, 0.717) is 17.6 Å². The van der Waals surface area contributed by atoms with Crippen molar-refractivity contribution in [1.82, 2.24) is 14.8 Å². The van der Waals surface area contributed by atoms with Gasteiger partial charge in [-0.05, 0) is 30.3 Å². The Hall–Kier alpha value is -3.49. The van der Waals surface area contributed by atoms with Crippen LogP contribution in [0, 0.1) is 15.9 Å². The fraction of sp³-hybridized carbons (Fsp3) is 0.125. The molecule has 0 aliphatic heterocycles. The zero-order valence-corrected chi connectivity index (χ0v) is 13.5. The Kier molecular flexibility index (Phi) is 4.29. The van der Waals surface area contributed by atoms with Crippen LogP contribution in [0.2, 0.25) is 0 Å². The van der Waals surface area contributed by atoms with E-state index in [2.05, 4.69) is 15.5 Å². The van der Waals surface area contributed by atoms with Crippen molar-refractivity contribution in [3.05, 3.63) is 64.5 Å². The summed E-state index contributed by atoms with van der Waals surface area (Å²) in [5.41, 5.74) is 1.26. The number of benzene rings is 2. The van der Waals surface area contributed by atoms with Gasteiger partial charge in [-0.3, -0.25) is 14.7 Å². The van der Waals surface area contributed by atoms with E-state index in [0.717, 1.165) is 5.69 Å². The van der Waals surface area contributed by atoms with E-state index < -0.39 is 4.92 Å². The Morgan fingerprint density at radius 3 is 2.60 bits per heavy atom. The van der Waals surface area contributed by atoms with E-state index in [1.165, 1.54) is 24.3 Å². The summed E-state index contributed by atoms with van der Waals surface area (Å²) in [6.45, 7) is 0. The van der Waals surface area contributed by atoms with Gasteiger partial charge in [0.2, 0.25) is 11.9 Å². The molecule has 9 heteroatoms. The highest BCUT2D eigenvalue weighted by Gasteiger charge is 2.15. The standard InChI is InChI=1S/C16H15FN6O2/c1-21(13-8-6-11(17)7-9-13)16-20-19-15(22(16)2)18-12-4-3-5-14(10-12)23(24)25/h3-10H,1-2H3,(H,18,19). The molecular weight excluding hydrogens is 327 g/mol. The van der Waals surface area contributed by atoms with Crippen LogP contribution >= 0.6 is 0 Å². The van der Waals surface area contributed by atoms with E-state index in [4.69, 9.17) is 0 Å². The second-order valence-corrected chi connectivity index (χ2v) is 5.35. The fourth-order valence-electron chi connectivity index (χ4n) is 2.33. The molecule has 0 saturated carbocycles. The quantitative estimate of drug-likeness (QED) is 0.565. The van der Waals surface area contributed by atoms with Gasteiger partial charge in [-0.15, -0.1) is 10.2 Å². The van der Waals surface area contributed by atoms with Gasteiger partial charge in [-0.2, -0.15) is 0 Å². The first-order valence-electron chi connectivity index (χ1n) is 7.36. The van der Waals surface area contributed by atoms with Gasteiger partial charge >= 0.3 is 0 Å². The number of non-ortho nitro benzene ring substituents is 1. The number of nitrogens with zero attached hydrogens (tertiary/aromatic N) is 5. The molecule has 0 radical (unpaired) electrons. The Morgan fingerprint density at radius 2 is 1.92 bits per heavy atom. The zero-order chi connectivity index (χ0) is 18.0. The van der Waals surface area contributed by atoms with E-state index in [1.807, 2.05) is 0 Å². The molecule has 1 N–H and O–H groups in total. The number of anilines is 4. The maximum Gasteiger partial charge on any atom is 0.271 e. The molecule has 0 aliphatic carbocycles. The normalized spacial score (nSPS) is 10.5. The van der Waals surface area contributed by atoms with Crippen molar-refractivity contribution >= 4 is 29.0 Å². The maximum atomic E-state index is 13.1. The second kappa shape index (κ2) is 6.56. The largest absolute Gasteiger partial charge is 0.324 e. The summed E-state index contributed by atoms with van der Waals surface area (Å²) < 4.78 is 14.8. The van der Waals surface area contributed by atoms with Gasteiger partial charge in [-0.25, -0.2) is 4.39 Å². The first kappa shape index (κ1) is 16.4. The molecule has 0 spiro atoms. The minimum atomic E-state index is -0.463. The Morgan fingerprint density at radius 1 is 1.20 bits per heavy atom. The van der Waals surface area contributed by atoms with Crippen molar-refractivity contribution in [3.8, 4) is 0 Å². The van der Waals surface area contributed by atoms with Crippen molar-refractivity contribution in [2.24, 2.45) is 7.05 Å². The minimum Gasteiger partial charge on any atom is -0.324 e. The number of rotatable bonds is 5. The lowest BCUT2D eigenvalue weighted by molar-refractivity contribution is -0.384. The number of nitrogens with one attached hydrogen (secondary N) is 1. The summed E-state index contributed by atoms with van der Waals surface area (Å²) in [6, 6.07) is 12.1. The van der Waals surface area contributed by atoms with Crippen LogP contribution in [0.25, 0.3) is 0 Å². The van der Waals surface area contributed by atoms with Crippen molar-refractivity contribution < 1.29 is 9.31 Å². The number of nitro benzene ring substituents is 1. The van der Waals surface area contributed by atoms with E-state index in [-0.39, 0.29) is 11.5 Å². The first-order chi connectivity index (χ1) is 12.0. The van der Waals surface area contributed by atoms with Gasteiger partial charge in [0.25, 0.3) is 5.69 Å². The summed E-state index contributed by atoms with van der Waals surface area (Å²) in [5.74, 6) is 0.632. The lowest BCUT2D eigenvalue weighted by atomic mass is 10.3. The van der Waals surface area contributed by atoms with Crippen molar-refractivity contribution in [2.45, 2.75) is 0 Å². The molecule has 3 rings (SSSR count). The van der Waals surface area contributed by atoms with Crippen molar-refractivity contribution in [3.63, 3.8) is 0 Å². The first-order valence-corrected chi connectivity index (χ1v) is 7.36. The monoisotopic (exact) mass is 342 g/mol. The molecule has 0 saturated heterocycles. The fourth-order valence-corrected chi connectivity index (χ4v) is 2.33. The van der Waals surface area contributed by atoms with Gasteiger partial charge in [0, 0.05) is 37.6 Å². The summed E-state index contributed by atoms with van der Waals surface area (Å²) in [6.07, 6.45) is 0. The topological polar surface area (TPSA) is 89.1 Å². The molecule has 25 heavy (non-hydrogen) atoms. The molecule has 0 atom stereocenters. The minimum absolute atomic E-state index is 0.0178. The Labute approximate surface area is 142 Å². The lowest BCUT2D eigenvalue weighted by Gasteiger charge is -2.18. The van der Waals surface area contributed by atoms with Crippen molar-refractivity contribution in [2.75, 3.05) is 17.3 Å². The third-order valence-electron chi connectivity index (χ3n) is 3.68. The average molecular weight is 342 g/mol. The van der Waals surface area contributed by atoms with Crippen LogP contribution in [0.5, 0.6) is 0 Å².